The molecule has 0 radical (unpaired) electrons. The third-order valence-electron chi connectivity index (χ3n) is 3.23. The van der Waals surface area contributed by atoms with Gasteiger partial charge in [-0.2, -0.15) is 0 Å². The topological polar surface area (TPSA) is 17.1 Å². The second kappa shape index (κ2) is 15.9. The van der Waals surface area contributed by atoms with Crippen molar-refractivity contribution in [2.24, 2.45) is 0 Å². The molecule has 114 valence electrons. The van der Waals surface area contributed by atoms with Crippen molar-refractivity contribution in [1.82, 2.24) is 0 Å². The van der Waals surface area contributed by atoms with E-state index in [9.17, 15) is 4.79 Å². The average Bonchev–Trinajstić information content (AvgIpc) is 2.43. The minimum Gasteiger partial charge on any atom is -0.300 e. The summed E-state index contributed by atoms with van der Waals surface area (Å²) in [6, 6.07) is 0. The molecule has 0 heterocycles. The molecule has 0 aliphatic rings. The van der Waals surface area contributed by atoms with Crippen LogP contribution in [0, 0.1) is 0 Å². The van der Waals surface area contributed by atoms with E-state index in [4.69, 9.17) is 0 Å². The van der Waals surface area contributed by atoms with Gasteiger partial charge in [0.15, 0.2) is 0 Å². The molecule has 0 spiro atoms. The number of Topliss-reactive ketones (excluding diaryl/α,β-unsaturated/α-hetero) is 1. The van der Waals surface area contributed by atoms with Crippen LogP contribution in [0.1, 0.15) is 78.1 Å². The molecule has 1 nitrogen and oxygen atoms in total. The van der Waals surface area contributed by atoms with Crippen molar-refractivity contribution >= 4 is 5.78 Å². The molecule has 0 aromatic heterocycles. The number of allylic oxidation sites excluding steroid dienone is 6. The van der Waals surface area contributed by atoms with Gasteiger partial charge in [-0.3, -0.25) is 0 Å². The van der Waals surface area contributed by atoms with E-state index in [2.05, 4.69) is 43.4 Å². The number of ketones is 1. The summed E-state index contributed by atoms with van der Waals surface area (Å²) >= 11 is 0. The van der Waals surface area contributed by atoms with Gasteiger partial charge in [-0.25, -0.2) is 0 Å². The third-order valence-corrected chi connectivity index (χ3v) is 3.23. The second-order valence-corrected chi connectivity index (χ2v) is 5.39. The summed E-state index contributed by atoms with van der Waals surface area (Å²) in [5.41, 5.74) is 0. The van der Waals surface area contributed by atoms with Crippen LogP contribution in [0.5, 0.6) is 0 Å². The van der Waals surface area contributed by atoms with E-state index in [1.54, 1.807) is 6.92 Å². The molecular weight excluding hydrogens is 244 g/mol. The summed E-state index contributed by atoms with van der Waals surface area (Å²) in [6.07, 6.45) is 24.7. The first-order valence-corrected chi connectivity index (χ1v) is 8.25. The van der Waals surface area contributed by atoms with Gasteiger partial charge in [-0.15, -0.1) is 0 Å². The molecule has 0 aromatic carbocycles. The first-order valence-electron chi connectivity index (χ1n) is 8.25. The molecule has 0 atom stereocenters. The zero-order chi connectivity index (χ0) is 14.9. The Morgan fingerprint density at radius 3 is 1.90 bits per heavy atom. The monoisotopic (exact) mass is 276 g/mol. The Kier molecular flexibility index (Phi) is 15.1. The molecule has 0 aromatic rings. The molecule has 0 aliphatic heterocycles. The molecule has 0 fully saturated rings. The van der Waals surface area contributed by atoms with Gasteiger partial charge in [0.25, 0.3) is 0 Å². The van der Waals surface area contributed by atoms with E-state index in [0.29, 0.717) is 5.78 Å². The molecule has 0 N–H and O–H groups in total. The lowest BCUT2D eigenvalue weighted by Gasteiger charge is -1.98. The quantitative estimate of drug-likeness (QED) is 0.290. The lowest BCUT2D eigenvalue weighted by atomic mass is 10.1. The van der Waals surface area contributed by atoms with Crippen molar-refractivity contribution in [3.63, 3.8) is 0 Å². The van der Waals surface area contributed by atoms with Gasteiger partial charge in [0, 0.05) is 6.42 Å². The Morgan fingerprint density at radius 1 is 0.750 bits per heavy atom. The molecule has 0 bridgehead atoms. The fourth-order valence-electron chi connectivity index (χ4n) is 1.97. The van der Waals surface area contributed by atoms with Crippen LogP contribution in [0.3, 0.4) is 0 Å². The zero-order valence-electron chi connectivity index (χ0n) is 13.4. The minimum atomic E-state index is 0.323. The highest BCUT2D eigenvalue weighted by atomic mass is 16.1. The molecule has 20 heavy (non-hydrogen) atoms. The predicted octanol–water partition coefficient (Wildman–Crippen LogP) is 6.16. The van der Waals surface area contributed by atoms with Gasteiger partial charge in [0.1, 0.15) is 5.78 Å². The zero-order valence-corrected chi connectivity index (χ0v) is 13.4. The molecule has 0 saturated carbocycles. The van der Waals surface area contributed by atoms with E-state index in [-0.39, 0.29) is 0 Å². The predicted molar refractivity (Wildman–Crippen MR) is 89.9 cm³/mol. The first kappa shape index (κ1) is 18.9. The van der Waals surface area contributed by atoms with Crippen molar-refractivity contribution in [3.05, 3.63) is 36.5 Å². The molecule has 0 unspecified atom stereocenters. The van der Waals surface area contributed by atoms with Crippen LogP contribution in [-0.2, 0) is 4.79 Å². The molecule has 0 amide bonds. The standard InChI is InChI=1S/C19H32O/c1-3-4-5-6-7-8-9-10-11-12-13-14-15-16-17-18-19(2)20/h6-11H,3-5,12-18H2,1-2H3/b7-6+,9-8+,11-10+. The Hall–Kier alpha value is -1.11. The second-order valence-electron chi connectivity index (χ2n) is 5.39. The first-order chi connectivity index (χ1) is 9.77. The van der Waals surface area contributed by atoms with E-state index in [0.717, 1.165) is 19.3 Å². The van der Waals surface area contributed by atoms with E-state index in [1.807, 2.05) is 0 Å². The number of hydrogen-bond donors (Lipinski definition) is 0. The summed E-state index contributed by atoms with van der Waals surface area (Å²) < 4.78 is 0. The maximum Gasteiger partial charge on any atom is 0.129 e. The average molecular weight is 276 g/mol. The molecule has 0 aliphatic carbocycles. The molecule has 0 rings (SSSR count). The lowest BCUT2D eigenvalue weighted by Crippen LogP contribution is -1.89. The van der Waals surface area contributed by atoms with Crippen molar-refractivity contribution in [2.45, 2.75) is 78.1 Å². The van der Waals surface area contributed by atoms with Gasteiger partial charge >= 0.3 is 0 Å². The van der Waals surface area contributed by atoms with Crippen molar-refractivity contribution in [3.8, 4) is 0 Å². The maximum absolute atomic E-state index is 10.8. The Balaban J connectivity index is 3.29. The Morgan fingerprint density at radius 2 is 1.30 bits per heavy atom. The van der Waals surface area contributed by atoms with Crippen LogP contribution in [0.15, 0.2) is 36.5 Å². The SMILES string of the molecule is CCCC/C=C/C=C/C=C/CCCCCCCC(C)=O. The van der Waals surface area contributed by atoms with Gasteiger partial charge in [-0.1, -0.05) is 75.5 Å². The maximum atomic E-state index is 10.8. The largest absolute Gasteiger partial charge is 0.300 e. The summed E-state index contributed by atoms with van der Waals surface area (Å²) in [5.74, 6) is 0.323. The highest BCUT2D eigenvalue weighted by molar-refractivity contribution is 5.75. The van der Waals surface area contributed by atoms with E-state index >= 15 is 0 Å². The van der Waals surface area contributed by atoms with E-state index < -0.39 is 0 Å². The normalized spacial score (nSPS) is 12.1. The summed E-state index contributed by atoms with van der Waals surface area (Å²) in [7, 11) is 0. The smallest absolute Gasteiger partial charge is 0.129 e. The fourth-order valence-corrected chi connectivity index (χ4v) is 1.97. The van der Waals surface area contributed by atoms with Crippen LogP contribution in [-0.4, -0.2) is 5.78 Å². The molecule has 0 saturated heterocycles. The van der Waals surface area contributed by atoms with Crippen LogP contribution in [0.25, 0.3) is 0 Å². The number of rotatable bonds is 13. The summed E-state index contributed by atoms with van der Waals surface area (Å²) in [5, 5.41) is 0. The van der Waals surface area contributed by atoms with Crippen LogP contribution in [0.2, 0.25) is 0 Å². The van der Waals surface area contributed by atoms with Gasteiger partial charge < -0.3 is 4.79 Å². The summed E-state index contributed by atoms with van der Waals surface area (Å²) in [6.45, 7) is 3.90. The number of unbranched alkanes of at least 4 members (excludes halogenated alkanes) is 7. The van der Waals surface area contributed by atoms with Gasteiger partial charge in [-0.05, 0) is 32.6 Å². The third kappa shape index (κ3) is 16.9. The van der Waals surface area contributed by atoms with Crippen LogP contribution in [0.4, 0.5) is 0 Å². The summed E-state index contributed by atoms with van der Waals surface area (Å²) in [4.78, 5) is 10.8. The number of carbonyl (C=O) groups excluding carboxylic acids is 1. The number of hydrogen-bond acceptors (Lipinski definition) is 1. The highest BCUT2D eigenvalue weighted by Crippen LogP contribution is 2.07. The lowest BCUT2D eigenvalue weighted by molar-refractivity contribution is -0.117. The highest BCUT2D eigenvalue weighted by Gasteiger charge is 1.93. The Bertz CT molecular complexity index is 297. The van der Waals surface area contributed by atoms with Crippen molar-refractivity contribution in [1.29, 1.82) is 0 Å². The van der Waals surface area contributed by atoms with Crippen LogP contribution < -0.4 is 0 Å². The van der Waals surface area contributed by atoms with Gasteiger partial charge in [0.2, 0.25) is 0 Å². The van der Waals surface area contributed by atoms with E-state index in [1.165, 1.54) is 44.9 Å². The van der Waals surface area contributed by atoms with Crippen molar-refractivity contribution in [2.75, 3.05) is 0 Å². The molecule has 1 heteroatoms. The molecular formula is C19H32O. The van der Waals surface area contributed by atoms with Crippen LogP contribution >= 0.6 is 0 Å². The fraction of sp³-hybridized carbons (Fsp3) is 0.632. The number of carbonyl (C=O) groups is 1. The minimum absolute atomic E-state index is 0.323. The Labute approximate surface area is 125 Å². The van der Waals surface area contributed by atoms with Gasteiger partial charge in [0.05, 0.1) is 0 Å². The van der Waals surface area contributed by atoms with Crippen molar-refractivity contribution < 1.29 is 4.79 Å².